The van der Waals surface area contributed by atoms with Crippen LogP contribution in [0.25, 0.3) is 11.3 Å². The van der Waals surface area contributed by atoms with Gasteiger partial charge in [-0.3, -0.25) is 9.59 Å². The standard InChI is InChI=1S/C21H20FN3O3/c1-28-18-4-2-3-16(13-18)19-9-10-21(27)25(24-19)14-20(26)23-12-11-15-5-7-17(22)8-6-15/h2-10,13H,11-12,14H2,1H3,(H,23,26). The first-order valence-electron chi connectivity index (χ1n) is 8.79. The lowest BCUT2D eigenvalue weighted by Crippen LogP contribution is -2.34. The van der Waals surface area contributed by atoms with Gasteiger partial charge in [-0.05, 0) is 42.3 Å². The lowest BCUT2D eigenvalue weighted by molar-refractivity contribution is -0.121. The van der Waals surface area contributed by atoms with Crippen molar-refractivity contribution in [3.05, 3.63) is 82.4 Å². The SMILES string of the molecule is COc1cccc(-c2ccc(=O)n(CC(=O)NCCc3ccc(F)cc3)n2)c1. The molecule has 0 fully saturated rings. The Hall–Kier alpha value is -3.48. The topological polar surface area (TPSA) is 73.2 Å². The van der Waals surface area contributed by atoms with Gasteiger partial charge < -0.3 is 10.1 Å². The fourth-order valence-corrected chi connectivity index (χ4v) is 2.69. The van der Waals surface area contributed by atoms with Crippen molar-refractivity contribution >= 4 is 5.91 Å². The number of hydrogen-bond donors (Lipinski definition) is 1. The fraction of sp³-hybridized carbons (Fsp3) is 0.190. The first kappa shape index (κ1) is 19.3. The molecule has 3 rings (SSSR count). The van der Waals surface area contributed by atoms with Gasteiger partial charge in [-0.25, -0.2) is 9.07 Å². The van der Waals surface area contributed by atoms with E-state index in [9.17, 15) is 14.0 Å². The normalized spacial score (nSPS) is 10.5. The molecule has 0 aliphatic carbocycles. The third-order valence-corrected chi connectivity index (χ3v) is 4.17. The predicted octanol–water partition coefficient (Wildman–Crippen LogP) is 2.42. The van der Waals surface area contributed by atoms with E-state index in [2.05, 4.69) is 10.4 Å². The molecule has 0 atom stereocenters. The highest BCUT2D eigenvalue weighted by Crippen LogP contribution is 2.21. The minimum Gasteiger partial charge on any atom is -0.497 e. The van der Waals surface area contributed by atoms with E-state index in [1.54, 1.807) is 31.4 Å². The molecule has 0 radical (unpaired) electrons. The van der Waals surface area contributed by atoms with Crippen molar-refractivity contribution in [3.8, 4) is 17.0 Å². The Morgan fingerprint density at radius 2 is 1.93 bits per heavy atom. The van der Waals surface area contributed by atoms with Crippen molar-refractivity contribution in [2.75, 3.05) is 13.7 Å². The summed E-state index contributed by atoms with van der Waals surface area (Å²) in [7, 11) is 1.57. The zero-order chi connectivity index (χ0) is 19.9. The predicted molar refractivity (Wildman–Crippen MR) is 104 cm³/mol. The highest BCUT2D eigenvalue weighted by molar-refractivity contribution is 5.75. The molecule has 1 N–H and O–H groups in total. The van der Waals surface area contributed by atoms with Crippen LogP contribution in [0.5, 0.6) is 5.75 Å². The Balaban J connectivity index is 1.63. The van der Waals surface area contributed by atoms with Crippen LogP contribution in [0, 0.1) is 5.82 Å². The highest BCUT2D eigenvalue weighted by Gasteiger charge is 2.08. The van der Waals surface area contributed by atoms with Gasteiger partial charge in [0, 0.05) is 18.2 Å². The minimum absolute atomic E-state index is 0.180. The Labute approximate surface area is 161 Å². The van der Waals surface area contributed by atoms with Gasteiger partial charge in [0.15, 0.2) is 0 Å². The molecule has 28 heavy (non-hydrogen) atoms. The number of rotatable bonds is 7. The largest absolute Gasteiger partial charge is 0.497 e. The Kier molecular flexibility index (Phi) is 6.16. The second kappa shape index (κ2) is 8.94. The molecule has 3 aromatic rings. The van der Waals surface area contributed by atoms with Crippen LogP contribution in [0.1, 0.15) is 5.56 Å². The van der Waals surface area contributed by atoms with Crippen LogP contribution in [0.15, 0.2) is 65.5 Å². The maximum Gasteiger partial charge on any atom is 0.267 e. The Morgan fingerprint density at radius 1 is 1.14 bits per heavy atom. The zero-order valence-corrected chi connectivity index (χ0v) is 15.4. The fourth-order valence-electron chi connectivity index (χ4n) is 2.69. The molecule has 0 spiro atoms. The van der Waals surface area contributed by atoms with Crippen molar-refractivity contribution in [2.24, 2.45) is 0 Å². The number of carbonyl (C=O) groups excluding carboxylic acids is 1. The average Bonchev–Trinajstić information content (AvgIpc) is 2.71. The van der Waals surface area contributed by atoms with Crippen LogP contribution >= 0.6 is 0 Å². The second-order valence-electron chi connectivity index (χ2n) is 6.17. The first-order chi connectivity index (χ1) is 13.5. The molecule has 144 valence electrons. The number of aromatic nitrogens is 2. The minimum atomic E-state index is -0.361. The molecule has 0 aliphatic heterocycles. The smallest absolute Gasteiger partial charge is 0.267 e. The van der Waals surface area contributed by atoms with Crippen molar-refractivity contribution in [1.29, 1.82) is 0 Å². The van der Waals surface area contributed by atoms with E-state index < -0.39 is 0 Å². The lowest BCUT2D eigenvalue weighted by Gasteiger charge is -2.09. The molecule has 0 saturated heterocycles. The van der Waals surface area contributed by atoms with E-state index >= 15 is 0 Å². The maximum absolute atomic E-state index is 12.9. The summed E-state index contributed by atoms with van der Waals surface area (Å²) < 4.78 is 19.2. The summed E-state index contributed by atoms with van der Waals surface area (Å²) in [5.74, 6) is 0.0595. The number of hydrogen-bond acceptors (Lipinski definition) is 4. The van der Waals surface area contributed by atoms with Gasteiger partial charge in [-0.2, -0.15) is 5.10 Å². The molecular formula is C21H20FN3O3. The molecule has 7 heteroatoms. The third kappa shape index (κ3) is 5.03. The average molecular weight is 381 g/mol. The molecule has 0 aliphatic rings. The summed E-state index contributed by atoms with van der Waals surface area (Å²) >= 11 is 0. The van der Waals surface area contributed by atoms with Crippen LogP contribution in [0.4, 0.5) is 4.39 Å². The number of nitrogens with one attached hydrogen (secondary N) is 1. The van der Waals surface area contributed by atoms with E-state index in [4.69, 9.17) is 4.74 Å². The second-order valence-corrected chi connectivity index (χ2v) is 6.17. The van der Waals surface area contributed by atoms with Crippen LogP contribution in [0.2, 0.25) is 0 Å². The molecule has 1 aromatic heterocycles. The van der Waals surface area contributed by atoms with Gasteiger partial charge in [0.25, 0.3) is 5.56 Å². The molecule has 6 nitrogen and oxygen atoms in total. The summed E-state index contributed by atoms with van der Waals surface area (Å²) in [6, 6.07) is 16.4. The summed E-state index contributed by atoms with van der Waals surface area (Å²) in [6.07, 6.45) is 0.568. The number of methoxy groups -OCH3 is 1. The van der Waals surface area contributed by atoms with E-state index in [0.717, 1.165) is 15.8 Å². The van der Waals surface area contributed by atoms with Crippen molar-refractivity contribution < 1.29 is 13.9 Å². The highest BCUT2D eigenvalue weighted by atomic mass is 19.1. The number of carbonyl (C=O) groups is 1. The van der Waals surface area contributed by atoms with Gasteiger partial charge in [0.1, 0.15) is 18.1 Å². The van der Waals surface area contributed by atoms with E-state index in [-0.39, 0.29) is 23.8 Å². The maximum atomic E-state index is 12.9. The summed E-state index contributed by atoms with van der Waals surface area (Å²) in [4.78, 5) is 24.2. The Morgan fingerprint density at radius 3 is 2.68 bits per heavy atom. The number of ether oxygens (including phenoxy) is 1. The van der Waals surface area contributed by atoms with Crippen molar-refractivity contribution in [2.45, 2.75) is 13.0 Å². The molecular weight excluding hydrogens is 361 g/mol. The first-order valence-corrected chi connectivity index (χ1v) is 8.79. The number of halogens is 1. The molecule has 0 bridgehead atoms. The van der Waals surface area contributed by atoms with Gasteiger partial charge in [-0.1, -0.05) is 24.3 Å². The lowest BCUT2D eigenvalue weighted by atomic mass is 10.1. The van der Waals surface area contributed by atoms with Gasteiger partial charge in [-0.15, -0.1) is 0 Å². The molecule has 1 heterocycles. The molecule has 1 amide bonds. The number of benzene rings is 2. The van der Waals surface area contributed by atoms with E-state index in [1.165, 1.54) is 18.2 Å². The number of amides is 1. The van der Waals surface area contributed by atoms with Crippen LogP contribution in [0.3, 0.4) is 0 Å². The molecule has 2 aromatic carbocycles. The van der Waals surface area contributed by atoms with E-state index in [1.807, 2.05) is 18.2 Å². The monoisotopic (exact) mass is 381 g/mol. The van der Waals surface area contributed by atoms with Crippen LogP contribution < -0.4 is 15.6 Å². The van der Waals surface area contributed by atoms with Crippen molar-refractivity contribution in [3.63, 3.8) is 0 Å². The summed E-state index contributed by atoms with van der Waals surface area (Å²) in [6.45, 7) is 0.203. The molecule has 0 saturated carbocycles. The van der Waals surface area contributed by atoms with Gasteiger partial charge >= 0.3 is 0 Å². The third-order valence-electron chi connectivity index (χ3n) is 4.17. The summed E-state index contributed by atoms with van der Waals surface area (Å²) in [5, 5.41) is 7.03. The van der Waals surface area contributed by atoms with Gasteiger partial charge in [0.05, 0.1) is 12.8 Å². The van der Waals surface area contributed by atoms with Crippen LogP contribution in [-0.4, -0.2) is 29.3 Å². The van der Waals surface area contributed by atoms with Gasteiger partial charge in [0.2, 0.25) is 5.91 Å². The number of nitrogens with zero attached hydrogens (tertiary/aromatic N) is 2. The quantitative estimate of drug-likeness (QED) is 0.682. The Bertz CT molecular complexity index is 1020. The van der Waals surface area contributed by atoms with Crippen molar-refractivity contribution in [1.82, 2.24) is 15.1 Å². The van der Waals surface area contributed by atoms with Crippen LogP contribution in [-0.2, 0) is 17.8 Å². The van der Waals surface area contributed by atoms with E-state index in [0.29, 0.717) is 24.4 Å². The molecule has 0 unspecified atom stereocenters. The summed E-state index contributed by atoms with van der Waals surface area (Å²) in [5.41, 5.74) is 1.90. The zero-order valence-electron chi connectivity index (χ0n) is 15.4.